The van der Waals surface area contributed by atoms with E-state index < -0.39 is 0 Å². The first-order chi connectivity index (χ1) is 13.6. The molecule has 1 aromatic carbocycles. The standard InChI is InChI=1S/C21H36N4O3.HI/c1-5-22-21(23-12-6-7-14-28-16-15-27-4)24-13-11-18-9-8-10-19(17-18)20(26)25(2)3;/h8-10,17H,5-7,11-16H2,1-4H3,(H2,22,23,24);1H. The highest BCUT2D eigenvalue weighted by Gasteiger charge is 2.08. The average Bonchev–Trinajstić information content (AvgIpc) is 2.69. The first-order valence-corrected chi connectivity index (χ1v) is 9.98. The number of nitrogens with zero attached hydrogens (tertiary/aromatic N) is 2. The summed E-state index contributed by atoms with van der Waals surface area (Å²) in [5, 5.41) is 6.62. The first-order valence-electron chi connectivity index (χ1n) is 9.98. The third-order valence-corrected chi connectivity index (χ3v) is 4.03. The molecule has 1 amide bonds. The van der Waals surface area contributed by atoms with Crippen molar-refractivity contribution in [2.75, 3.05) is 60.7 Å². The molecule has 29 heavy (non-hydrogen) atoms. The third-order valence-electron chi connectivity index (χ3n) is 4.03. The van der Waals surface area contributed by atoms with Gasteiger partial charge in [0.15, 0.2) is 5.96 Å². The topological polar surface area (TPSA) is 75.2 Å². The lowest BCUT2D eigenvalue weighted by Gasteiger charge is -2.13. The van der Waals surface area contributed by atoms with E-state index in [0.717, 1.165) is 62.6 Å². The molecule has 0 aliphatic carbocycles. The van der Waals surface area contributed by atoms with E-state index in [1.807, 2.05) is 24.3 Å². The van der Waals surface area contributed by atoms with Crippen molar-refractivity contribution in [2.24, 2.45) is 4.99 Å². The van der Waals surface area contributed by atoms with Crippen molar-refractivity contribution in [1.82, 2.24) is 15.5 Å². The van der Waals surface area contributed by atoms with Crippen molar-refractivity contribution < 1.29 is 14.3 Å². The fourth-order valence-electron chi connectivity index (χ4n) is 2.54. The minimum Gasteiger partial charge on any atom is -0.382 e. The van der Waals surface area contributed by atoms with Gasteiger partial charge in [0.1, 0.15) is 0 Å². The largest absolute Gasteiger partial charge is 0.382 e. The number of amides is 1. The molecule has 0 saturated heterocycles. The number of benzene rings is 1. The van der Waals surface area contributed by atoms with Crippen molar-refractivity contribution in [1.29, 1.82) is 0 Å². The highest BCUT2D eigenvalue weighted by atomic mass is 127. The van der Waals surface area contributed by atoms with Crippen molar-refractivity contribution in [3.63, 3.8) is 0 Å². The van der Waals surface area contributed by atoms with Gasteiger partial charge in [-0.2, -0.15) is 0 Å². The zero-order valence-electron chi connectivity index (χ0n) is 18.2. The van der Waals surface area contributed by atoms with Crippen LogP contribution in [0.2, 0.25) is 0 Å². The fraction of sp³-hybridized carbons (Fsp3) is 0.619. The molecule has 2 N–H and O–H groups in total. The van der Waals surface area contributed by atoms with Crippen molar-refractivity contribution in [2.45, 2.75) is 26.2 Å². The predicted octanol–water partition coefficient (Wildman–Crippen LogP) is 2.55. The van der Waals surface area contributed by atoms with Crippen LogP contribution < -0.4 is 10.6 Å². The lowest BCUT2D eigenvalue weighted by molar-refractivity contribution is 0.0690. The summed E-state index contributed by atoms with van der Waals surface area (Å²) in [6, 6.07) is 7.78. The Labute approximate surface area is 192 Å². The van der Waals surface area contributed by atoms with E-state index in [2.05, 4.69) is 22.5 Å². The van der Waals surface area contributed by atoms with Crippen molar-refractivity contribution in [3.8, 4) is 0 Å². The van der Waals surface area contributed by atoms with Crippen LogP contribution in [0.1, 0.15) is 35.7 Å². The van der Waals surface area contributed by atoms with Crippen LogP contribution in [-0.2, 0) is 15.9 Å². The third kappa shape index (κ3) is 12.7. The predicted molar refractivity (Wildman–Crippen MR) is 129 cm³/mol. The lowest BCUT2D eigenvalue weighted by Crippen LogP contribution is -2.38. The summed E-state index contributed by atoms with van der Waals surface area (Å²) < 4.78 is 10.4. The second-order valence-electron chi connectivity index (χ2n) is 6.65. The first kappa shape index (κ1) is 27.6. The smallest absolute Gasteiger partial charge is 0.253 e. The number of unbranched alkanes of at least 4 members (excludes halogenated alkanes) is 1. The Kier molecular flexibility index (Phi) is 16.6. The zero-order valence-corrected chi connectivity index (χ0v) is 20.5. The summed E-state index contributed by atoms with van der Waals surface area (Å²) in [6.07, 6.45) is 2.80. The van der Waals surface area contributed by atoms with Gasteiger partial charge in [-0.25, -0.2) is 0 Å². The molecule has 0 fully saturated rings. The highest BCUT2D eigenvalue weighted by Crippen LogP contribution is 2.07. The highest BCUT2D eigenvalue weighted by molar-refractivity contribution is 14.0. The van der Waals surface area contributed by atoms with Gasteiger partial charge in [-0.1, -0.05) is 12.1 Å². The summed E-state index contributed by atoms with van der Waals surface area (Å²) in [7, 11) is 5.20. The van der Waals surface area contributed by atoms with Gasteiger partial charge >= 0.3 is 0 Å². The molecule has 8 heteroatoms. The van der Waals surface area contributed by atoms with Gasteiger partial charge in [-0.05, 0) is 43.9 Å². The second-order valence-corrected chi connectivity index (χ2v) is 6.65. The van der Waals surface area contributed by atoms with Crippen molar-refractivity contribution >= 4 is 35.8 Å². The summed E-state index contributed by atoms with van der Waals surface area (Å²) in [5.41, 5.74) is 1.85. The molecule has 0 aliphatic rings. The minimum absolute atomic E-state index is 0. The molecule has 1 rings (SSSR count). The Morgan fingerprint density at radius 3 is 2.62 bits per heavy atom. The van der Waals surface area contributed by atoms with Crippen LogP contribution >= 0.6 is 24.0 Å². The number of carbonyl (C=O) groups excluding carboxylic acids is 1. The number of ether oxygens (including phenoxy) is 2. The van der Waals surface area contributed by atoms with E-state index in [1.165, 1.54) is 0 Å². The summed E-state index contributed by atoms with van der Waals surface area (Å²) in [4.78, 5) is 18.3. The summed E-state index contributed by atoms with van der Waals surface area (Å²) in [6.45, 7) is 6.41. The monoisotopic (exact) mass is 520 g/mol. The zero-order chi connectivity index (χ0) is 20.6. The van der Waals surface area contributed by atoms with E-state index in [-0.39, 0.29) is 29.9 Å². The normalized spacial score (nSPS) is 11.0. The number of methoxy groups -OCH3 is 1. The number of hydrogen-bond donors (Lipinski definition) is 2. The number of halogens is 1. The van der Waals surface area contributed by atoms with Crippen LogP contribution in [0.4, 0.5) is 0 Å². The molecule has 166 valence electrons. The van der Waals surface area contributed by atoms with E-state index in [0.29, 0.717) is 13.2 Å². The van der Waals surface area contributed by atoms with Crippen LogP contribution in [0.25, 0.3) is 0 Å². The van der Waals surface area contributed by atoms with Crippen LogP contribution in [0.3, 0.4) is 0 Å². The van der Waals surface area contributed by atoms with Gasteiger partial charge in [-0.15, -0.1) is 24.0 Å². The van der Waals surface area contributed by atoms with E-state index in [9.17, 15) is 4.79 Å². The Morgan fingerprint density at radius 2 is 1.93 bits per heavy atom. The number of rotatable bonds is 13. The molecule has 7 nitrogen and oxygen atoms in total. The van der Waals surface area contributed by atoms with Crippen LogP contribution in [0, 0.1) is 0 Å². The Bertz CT molecular complexity index is 597. The Balaban J connectivity index is 0.00000784. The number of aliphatic imine (C=N–C) groups is 1. The molecule has 0 radical (unpaired) electrons. The maximum Gasteiger partial charge on any atom is 0.253 e. The SMILES string of the molecule is CCNC(=NCCCCOCCOC)NCCc1cccc(C(=O)N(C)C)c1.I. The molecule has 0 saturated carbocycles. The number of hydrogen-bond acceptors (Lipinski definition) is 4. The molecule has 0 aliphatic heterocycles. The molecule has 1 aromatic rings. The maximum atomic E-state index is 12.1. The second kappa shape index (κ2) is 17.5. The van der Waals surface area contributed by atoms with Gasteiger partial charge in [0, 0.05) is 53.0 Å². The van der Waals surface area contributed by atoms with E-state index in [1.54, 1.807) is 26.1 Å². The lowest BCUT2D eigenvalue weighted by atomic mass is 10.1. The number of carbonyl (C=O) groups is 1. The van der Waals surface area contributed by atoms with Gasteiger partial charge in [0.05, 0.1) is 13.2 Å². The van der Waals surface area contributed by atoms with Gasteiger partial charge in [0.25, 0.3) is 5.91 Å². The van der Waals surface area contributed by atoms with Crippen LogP contribution in [0.5, 0.6) is 0 Å². The molecular formula is C21H37IN4O3. The average molecular weight is 520 g/mol. The fourth-order valence-corrected chi connectivity index (χ4v) is 2.54. The Hall–Kier alpha value is -1.39. The Morgan fingerprint density at radius 1 is 1.14 bits per heavy atom. The van der Waals surface area contributed by atoms with Crippen LogP contribution in [-0.4, -0.2) is 77.4 Å². The minimum atomic E-state index is 0. The molecule has 0 spiro atoms. The van der Waals surface area contributed by atoms with Gasteiger partial charge in [0.2, 0.25) is 0 Å². The summed E-state index contributed by atoms with van der Waals surface area (Å²) >= 11 is 0. The van der Waals surface area contributed by atoms with Gasteiger partial charge in [-0.3, -0.25) is 9.79 Å². The quantitative estimate of drug-likeness (QED) is 0.181. The van der Waals surface area contributed by atoms with E-state index >= 15 is 0 Å². The molecule has 0 aromatic heterocycles. The van der Waals surface area contributed by atoms with Crippen molar-refractivity contribution in [3.05, 3.63) is 35.4 Å². The van der Waals surface area contributed by atoms with E-state index in [4.69, 9.17) is 9.47 Å². The summed E-state index contributed by atoms with van der Waals surface area (Å²) in [5.74, 6) is 0.847. The molecule has 0 heterocycles. The molecule has 0 unspecified atom stereocenters. The maximum absolute atomic E-state index is 12.1. The molecule has 0 atom stereocenters. The molecule has 0 bridgehead atoms. The van der Waals surface area contributed by atoms with Crippen LogP contribution in [0.15, 0.2) is 29.3 Å². The molecular weight excluding hydrogens is 483 g/mol. The number of nitrogens with one attached hydrogen (secondary N) is 2. The number of guanidine groups is 1. The van der Waals surface area contributed by atoms with Gasteiger partial charge < -0.3 is 25.0 Å².